The summed E-state index contributed by atoms with van der Waals surface area (Å²) < 4.78 is 38.0. The Morgan fingerprint density at radius 3 is 1.84 bits per heavy atom. The van der Waals surface area contributed by atoms with Crippen LogP contribution in [0.2, 0.25) is 0 Å². The summed E-state index contributed by atoms with van der Waals surface area (Å²) in [5, 5.41) is 21.2. The fraction of sp³-hybridized carbons (Fsp3) is 0.130. The standard InChI is InChI=1S/C23H18F3NO4/c24-23(25,26)18-9-7-16(8-10-18)15-3-5-17(6-4-15)21(29)27-20(22(30)31)13-14-1-11-19(28)12-2-14/h1-12,20,28H,13H2,(H,27,29)(H,30,31)/t20-/m0/s1. The highest BCUT2D eigenvalue weighted by Crippen LogP contribution is 2.31. The number of phenols is 1. The molecule has 0 unspecified atom stereocenters. The Kier molecular flexibility index (Phi) is 6.29. The lowest BCUT2D eigenvalue weighted by Gasteiger charge is -2.15. The number of rotatable bonds is 6. The summed E-state index contributed by atoms with van der Waals surface area (Å²) in [5.74, 6) is -1.75. The van der Waals surface area contributed by atoms with Crippen LogP contribution in [0.4, 0.5) is 13.2 Å². The molecule has 5 nitrogen and oxygen atoms in total. The molecular formula is C23H18F3NO4. The molecule has 0 saturated carbocycles. The third kappa shape index (κ3) is 5.63. The van der Waals surface area contributed by atoms with E-state index in [1.54, 1.807) is 24.3 Å². The number of aliphatic carboxylic acids is 1. The van der Waals surface area contributed by atoms with Gasteiger partial charge in [0.05, 0.1) is 5.56 Å². The van der Waals surface area contributed by atoms with Crippen LogP contribution in [-0.4, -0.2) is 28.1 Å². The van der Waals surface area contributed by atoms with Crippen molar-refractivity contribution in [1.29, 1.82) is 0 Å². The molecule has 0 bridgehead atoms. The van der Waals surface area contributed by atoms with Gasteiger partial charge in [-0.3, -0.25) is 4.79 Å². The van der Waals surface area contributed by atoms with Crippen molar-refractivity contribution in [3.63, 3.8) is 0 Å². The number of carboxylic acid groups (broad SMARTS) is 1. The predicted octanol–water partition coefficient (Wildman–Crippen LogP) is 4.50. The predicted molar refractivity (Wildman–Crippen MR) is 108 cm³/mol. The van der Waals surface area contributed by atoms with Crippen molar-refractivity contribution in [2.24, 2.45) is 0 Å². The molecule has 8 heteroatoms. The maximum absolute atomic E-state index is 12.7. The fourth-order valence-corrected chi connectivity index (χ4v) is 2.98. The summed E-state index contributed by atoms with van der Waals surface area (Å²) in [5.41, 5.74) is 1.26. The second-order valence-corrected chi connectivity index (χ2v) is 6.89. The van der Waals surface area contributed by atoms with Gasteiger partial charge in [0.2, 0.25) is 0 Å². The number of alkyl halides is 3. The first-order chi connectivity index (χ1) is 14.6. The van der Waals surface area contributed by atoms with E-state index in [-0.39, 0.29) is 17.7 Å². The van der Waals surface area contributed by atoms with Gasteiger partial charge in [0, 0.05) is 12.0 Å². The fourth-order valence-electron chi connectivity index (χ4n) is 2.98. The highest BCUT2D eigenvalue weighted by molar-refractivity contribution is 5.97. The molecule has 31 heavy (non-hydrogen) atoms. The Bertz CT molecular complexity index is 1060. The van der Waals surface area contributed by atoms with Crippen LogP contribution in [0.5, 0.6) is 5.75 Å². The molecule has 160 valence electrons. The second-order valence-electron chi connectivity index (χ2n) is 6.89. The van der Waals surface area contributed by atoms with Gasteiger partial charge in [-0.25, -0.2) is 4.79 Å². The van der Waals surface area contributed by atoms with Crippen molar-refractivity contribution >= 4 is 11.9 Å². The minimum absolute atomic E-state index is 0.0327. The molecule has 0 aliphatic carbocycles. The third-order valence-corrected chi connectivity index (χ3v) is 4.67. The normalized spacial score (nSPS) is 12.2. The van der Waals surface area contributed by atoms with Crippen molar-refractivity contribution in [1.82, 2.24) is 5.32 Å². The average molecular weight is 429 g/mol. The molecule has 0 fully saturated rings. The van der Waals surface area contributed by atoms with Gasteiger partial charge in [0.15, 0.2) is 0 Å². The summed E-state index contributed by atoms with van der Waals surface area (Å²) in [4.78, 5) is 24.0. The molecule has 3 N–H and O–H groups in total. The largest absolute Gasteiger partial charge is 0.508 e. The lowest BCUT2D eigenvalue weighted by atomic mass is 10.0. The maximum atomic E-state index is 12.7. The molecule has 3 rings (SSSR count). The number of carbonyl (C=O) groups excluding carboxylic acids is 1. The van der Waals surface area contributed by atoms with Crippen LogP contribution >= 0.6 is 0 Å². The number of halogens is 3. The van der Waals surface area contributed by atoms with Gasteiger partial charge in [-0.15, -0.1) is 0 Å². The number of aromatic hydroxyl groups is 1. The van der Waals surface area contributed by atoms with E-state index in [0.717, 1.165) is 12.1 Å². The number of carbonyl (C=O) groups is 2. The molecule has 0 heterocycles. The van der Waals surface area contributed by atoms with E-state index in [2.05, 4.69) is 5.32 Å². The van der Waals surface area contributed by atoms with Crippen molar-refractivity contribution < 1.29 is 33.0 Å². The zero-order valence-electron chi connectivity index (χ0n) is 16.1. The van der Waals surface area contributed by atoms with E-state index in [0.29, 0.717) is 16.7 Å². The van der Waals surface area contributed by atoms with Crippen molar-refractivity contribution in [2.75, 3.05) is 0 Å². The molecule has 0 aromatic heterocycles. The van der Waals surface area contributed by atoms with Crippen LogP contribution in [0.1, 0.15) is 21.5 Å². The van der Waals surface area contributed by atoms with Gasteiger partial charge in [0.1, 0.15) is 11.8 Å². The van der Waals surface area contributed by atoms with E-state index < -0.39 is 29.7 Å². The summed E-state index contributed by atoms with van der Waals surface area (Å²) >= 11 is 0. The summed E-state index contributed by atoms with van der Waals surface area (Å²) in [6.45, 7) is 0. The first-order valence-corrected chi connectivity index (χ1v) is 9.23. The molecule has 0 saturated heterocycles. The smallest absolute Gasteiger partial charge is 0.416 e. The number of amides is 1. The zero-order chi connectivity index (χ0) is 22.6. The van der Waals surface area contributed by atoms with Crippen LogP contribution in [0.25, 0.3) is 11.1 Å². The Labute approximate surface area is 175 Å². The van der Waals surface area contributed by atoms with Crippen molar-refractivity contribution in [2.45, 2.75) is 18.6 Å². The van der Waals surface area contributed by atoms with Gasteiger partial charge in [-0.2, -0.15) is 13.2 Å². The molecular weight excluding hydrogens is 411 g/mol. The SMILES string of the molecule is O=C(N[C@@H](Cc1ccc(O)cc1)C(=O)O)c1ccc(-c2ccc(C(F)(F)F)cc2)cc1. The second kappa shape index (κ2) is 8.91. The van der Waals surface area contributed by atoms with Gasteiger partial charge in [-0.05, 0) is 53.1 Å². The molecule has 0 spiro atoms. The average Bonchev–Trinajstić information content (AvgIpc) is 2.74. The Morgan fingerprint density at radius 1 is 0.839 bits per heavy atom. The van der Waals surface area contributed by atoms with Crippen LogP contribution < -0.4 is 5.32 Å². The first kappa shape index (κ1) is 21.9. The molecule has 3 aromatic carbocycles. The van der Waals surface area contributed by atoms with E-state index in [4.69, 9.17) is 0 Å². The minimum atomic E-state index is -4.42. The zero-order valence-corrected chi connectivity index (χ0v) is 16.1. The molecule has 1 atom stereocenters. The van der Waals surface area contributed by atoms with E-state index in [1.807, 2.05) is 0 Å². The molecule has 1 amide bonds. The van der Waals surface area contributed by atoms with Gasteiger partial charge in [0.25, 0.3) is 5.91 Å². The van der Waals surface area contributed by atoms with Crippen molar-refractivity contribution in [3.8, 4) is 16.9 Å². The van der Waals surface area contributed by atoms with Gasteiger partial charge >= 0.3 is 12.1 Å². The lowest BCUT2D eigenvalue weighted by Crippen LogP contribution is -2.42. The van der Waals surface area contributed by atoms with Crippen molar-refractivity contribution in [3.05, 3.63) is 89.5 Å². The summed E-state index contributed by atoms with van der Waals surface area (Å²) in [6, 6.07) is 15.6. The molecule has 0 radical (unpaired) electrons. The number of hydrogen-bond donors (Lipinski definition) is 3. The molecule has 3 aromatic rings. The van der Waals surface area contributed by atoms with Crippen LogP contribution in [0.15, 0.2) is 72.8 Å². The van der Waals surface area contributed by atoms with E-state index in [1.165, 1.54) is 36.4 Å². The third-order valence-electron chi connectivity index (χ3n) is 4.67. The minimum Gasteiger partial charge on any atom is -0.508 e. The van der Waals surface area contributed by atoms with Crippen LogP contribution in [0, 0.1) is 0 Å². The number of hydrogen-bond acceptors (Lipinski definition) is 3. The topological polar surface area (TPSA) is 86.6 Å². The first-order valence-electron chi connectivity index (χ1n) is 9.23. The lowest BCUT2D eigenvalue weighted by molar-refractivity contribution is -0.139. The highest BCUT2D eigenvalue weighted by atomic mass is 19.4. The maximum Gasteiger partial charge on any atom is 0.416 e. The Hall–Kier alpha value is -3.81. The van der Waals surface area contributed by atoms with E-state index >= 15 is 0 Å². The monoisotopic (exact) mass is 429 g/mol. The summed E-state index contributed by atoms with van der Waals surface area (Å²) in [7, 11) is 0. The number of benzene rings is 3. The van der Waals surface area contributed by atoms with Crippen LogP contribution in [-0.2, 0) is 17.4 Å². The van der Waals surface area contributed by atoms with Crippen LogP contribution in [0.3, 0.4) is 0 Å². The molecule has 0 aliphatic rings. The Morgan fingerprint density at radius 2 is 1.35 bits per heavy atom. The number of carboxylic acids is 1. The Balaban J connectivity index is 1.70. The summed E-state index contributed by atoms with van der Waals surface area (Å²) in [6.07, 6.45) is -4.38. The quantitative estimate of drug-likeness (QED) is 0.538. The highest BCUT2D eigenvalue weighted by Gasteiger charge is 2.30. The number of phenolic OH excluding ortho intramolecular Hbond substituents is 1. The van der Waals surface area contributed by atoms with E-state index in [9.17, 15) is 33.0 Å². The number of nitrogens with one attached hydrogen (secondary N) is 1. The van der Waals surface area contributed by atoms with Gasteiger partial charge < -0.3 is 15.5 Å². The van der Waals surface area contributed by atoms with Gasteiger partial charge in [-0.1, -0.05) is 36.4 Å². The molecule has 0 aliphatic heterocycles.